The number of hydrogen-bond donors (Lipinski definition) is 2. The SMILES string of the molecule is CCS(=O)CCNc1nc2c(cc1C(N)=S)CCCC2. The van der Waals surface area contributed by atoms with E-state index in [1.54, 1.807) is 0 Å². The number of thiocarbonyl (C=S) groups is 1. The first kappa shape index (κ1) is 15.4. The fourth-order valence-electron chi connectivity index (χ4n) is 2.38. The molecule has 1 aliphatic rings. The third-order valence-corrected chi connectivity index (χ3v) is 5.03. The van der Waals surface area contributed by atoms with Crippen LogP contribution in [0, 0.1) is 0 Å². The summed E-state index contributed by atoms with van der Waals surface area (Å²) in [6, 6.07) is 2.07. The van der Waals surface area contributed by atoms with Crippen molar-refractivity contribution in [1.82, 2.24) is 4.98 Å². The van der Waals surface area contributed by atoms with Gasteiger partial charge in [-0.1, -0.05) is 19.1 Å². The minimum atomic E-state index is -0.774. The van der Waals surface area contributed by atoms with Gasteiger partial charge in [0.25, 0.3) is 0 Å². The number of fused-ring (bicyclic) bond motifs is 1. The topological polar surface area (TPSA) is 68.0 Å². The molecular formula is C14H21N3OS2. The predicted octanol–water partition coefficient (Wildman–Crippen LogP) is 1.78. The molecule has 0 aromatic carbocycles. The van der Waals surface area contributed by atoms with Crippen molar-refractivity contribution in [2.45, 2.75) is 32.6 Å². The molecule has 0 fully saturated rings. The second kappa shape index (κ2) is 7.13. The Bertz CT molecular complexity index is 531. The lowest BCUT2D eigenvalue weighted by Crippen LogP contribution is -2.20. The normalized spacial score (nSPS) is 15.4. The van der Waals surface area contributed by atoms with Gasteiger partial charge in [-0.05, 0) is 37.3 Å². The van der Waals surface area contributed by atoms with Gasteiger partial charge in [0.15, 0.2) is 0 Å². The molecule has 1 aromatic heterocycles. The molecule has 6 heteroatoms. The van der Waals surface area contributed by atoms with Crippen molar-refractivity contribution in [3.63, 3.8) is 0 Å². The molecular weight excluding hydrogens is 290 g/mol. The minimum absolute atomic E-state index is 0.366. The van der Waals surface area contributed by atoms with Gasteiger partial charge in [0, 0.05) is 34.5 Å². The lowest BCUT2D eigenvalue weighted by molar-refractivity contribution is 0.668. The largest absolute Gasteiger partial charge is 0.389 e. The summed E-state index contributed by atoms with van der Waals surface area (Å²) in [6.07, 6.45) is 4.46. The van der Waals surface area contributed by atoms with Gasteiger partial charge in [0.05, 0.1) is 5.56 Å². The average molecular weight is 311 g/mol. The van der Waals surface area contributed by atoms with Crippen molar-refractivity contribution in [3.8, 4) is 0 Å². The minimum Gasteiger partial charge on any atom is -0.389 e. The maximum absolute atomic E-state index is 11.5. The Balaban J connectivity index is 2.17. The molecule has 0 radical (unpaired) electrons. The third-order valence-electron chi connectivity index (χ3n) is 3.51. The van der Waals surface area contributed by atoms with E-state index >= 15 is 0 Å². The van der Waals surface area contributed by atoms with Gasteiger partial charge in [-0.2, -0.15) is 0 Å². The zero-order valence-corrected chi connectivity index (χ0v) is 13.4. The molecule has 0 bridgehead atoms. The number of hydrogen-bond acceptors (Lipinski definition) is 4. The Kier molecular flexibility index (Phi) is 5.48. The highest BCUT2D eigenvalue weighted by Gasteiger charge is 2.16. The van der Waals surface area contributed by atoms with Crippen LogP contribution in [0.2, 0.25) is 0 Å². The van der Waals surface area contributed by atoms with Crippen LogP contribution < -0.4 is 11.1 Å². The lowest BCUT2D eigenvalue weighted by atomic mass is 9.94. The molecule has 4 nitrogen and oxygen atoms in total. The fourth-order valence-corrected chi connectivity index (χ4v) is 3.16. The third kappa shape index (κ3) is 3.76. The van der Waals surface area contributed by atoms with E-state index in [0.717, 1.165) is 29.9 Å². The molecule has 1 aliphatic carbocycles. The van der Waals surface area contributed by atoms with Crippen LogP contribution in [-0.4, -0.2) is 32.2 Å². The summed E-state index contributed by atoms with van der Waals surface area (Å²) >= 11 is 5.12. The highest BCUT2D eigenvalue weighted by Crippen LogP contribution is 2.24. The van der Waals surface area contributed by atoms with Gasteiger partial charge in [-0.15, -0.1) is 0 Å². The highest BCUT2D eigenvalue weighted by molar-refractivity contribution is 7.84. The lowest BCUT2D eigenvalue weighted by Gasteiger charge is -2.19. The maximum atomic E-state index is 11.5. The molecule has 20 heavy (non-hydrogen) atoms. The maximum Gasteiger partial charge on any atom is 0.136 e. The van der Waals surface area contributed by atoms with Gasteiger partial charge in [0.1, 0.15) is 10.8 Å². The van der Waals surface area contributed by atoms with Crippen LogP contribution in [0.4, 0.5) is 5.82 Å². The molecule has 110 valence electrons. The first-order valence-corrected chi connectivity index (χ1v) is 8.93. The molecule has 1 aromatic rings. The summed E-state index contributed by atoms with van der Waals surface area (Å²) in [6.45, 7) is 2.55. The number of nitrogens with one attached hydrogen (secondary N) is 1. The number of anilines is 1. The smallest absolute Gasteiger partial charge is 0.136 e. The highest BCUT2D eigenvalue weighted by atomic mass is 32.2. The number of nitrogens with zero attached hydrogens (tertiary/aromatic N) is 1. The first-order valence-electron chi connectivity index (χ1n) is 7.03. The molecule has 1 unspecified atom stereocenters. The summed E-state index contributed by atoms with van der Waals surface area (Å²) < 4.78 is 11.5. The quantitative estimate of drug-likeness (QED) is 0.784. The van der Waals surface area contributed by atoms with E-state index in [2.05, 4.69) is 16.4 Å². The predicted molar refractivity (Wildman–Crippen MR) is 88.8 cm³/mol. The van der Waals surface area contributed by atoms with Crippen molar-refractivity contribution < 1.29 is 4.21 Å². The van der Waals surface area contributed by atoms with Crippen LogP contribution in [0.5, 0.6) is 0 Å². The molecule has 0 saturated carbocycles. The monoisotopic (exact) mass is 311 g/mol. The fraction of sp³-hybridized carbons (Fsp3) is 0.571. The van der Waals surface area contributed by atoms with E-state index in [9.17, 15) is 4.21 Å². The molecule has 0 saturated heterocycles. The van der Waals surface area contributed by atoms with Crippen LogP contribution >= 0.6 is 12.2 Å². The number of pyridine rings is 1. The van der Waals surface area contributed by atoms with E-state index < -0.39 is 10.8 Å². The summed E-state index contributed by atoms with van der Waals surface area (Å²) in [5.74, 6) is 2.04. The Labute approximate surface area is 128 Å². The summed E-state index contributed by atoms with van der Waals surface area (Å²) in [5.41, 5.74) is 9.02. The van der Waals surface area contributed by atoms with Crippen molar-refractivity contribution in [2.75, 3.05) is 23.4 Å². The van der Waals surface area contributed by atoms with Gasteiger partial charge < -0.3 is 11.1 Å². The van der Waals surface area contributed by atoms with Crippen LogP contribution in [0.1, 0.15) is 36.6 Å². The Hall–Kier alpha value is -1.01. The number of aryl methyl sites for hydroxylation is 2. The standard InChI is InChI=1S/C14H21N3OS2/c1-2-20(18)8-7-16-14-11(13(15)19)9-10-5-3-4-6-12(10)17-14/h9H,2-8H2,1H3,(H2,15,19)(H,16,17). The zero-order valence-electron chi connectivity index (χ0n) is 11.8. The Morgan fingerprint density at radius 3 is 2.95 bits per heavy atom. The van der Waals surface area contributed by atoms with E-state index in [4.69, 9.17) is 18.0 Å². The van der Waals surface area contributed by atoms with E-state index in [-0.39, 0.29) is 0 Å². The van der Waals surface area contributed by atoms with E-state index in [1.807, 2.05) is 6.92 Å². The summed E-state index contributed by atoms with van der Waals surface area (Å²) in [4.78, 5) is 5.05. The van der Waals surface area contributed by atoms with Gasteiger partial charge >= 0.3 is 0 Å². The van der Waals surface area contributed by atoms with Crippen LogP contribution in [0.15, 0.2) is 6.07 Å². The van der Waals surface area contributed by atoms with Crippen molar-refractivity contribution in [3.05, 3.63) is 22.9 Å². The average Bonchev–Trinajstić information content (AvgIpc) is 2.46. The molecule has 3 N–H and O–H groups in total. The molecule has 0 aliphatic heterocycles. The molecule has 1 atom stereocenters. The van der Waals surface area contributed by atoms with Gasteiger partial charge in [-0.3, -0.25) is 4.21 Å². The van der Waals surface area contributed by atoms with Crippen LogP contribution in [-0.2, 0) is 23.6 Å². The Morgan fingerprint density at radius 1 is 1.50 bits per heavy atom. The zero-order chi connectivity index (χ0) is 14.5. The van der Waals surface area contributed by atoms with Crippen molar-refractivity contribution in [1.29, 1.82) is 0 Å². The summed E-state index contributed by atoms with van der Waals surface area (Å²) in [7, 11) is -0.774. The molecule has 1 heterocycles. The number of rotatable bonds is 6. The van der Waals surface area contributed by atoms with Crippen LogP contribution in [0.3, 0.4) is 0 Å². The summed E-state index contributed by atoms with van der Waals surface area (Å²) in [5, 5.41) is 3.24. The number of aromatic nitrogens is 1. The van der Waals surface area contributed by atoms with E-state index in [0.29, 0.717) is 23.0 Å². The molecule has 0 amide bonds. The van der Waals surface area contributed by atoms with Crippen molar-refractivity contribution in [2.24, 2.45) is 5.73 Å². The second-order valence-electron chi connectivity index (χ2n) is 4.92. The van der Waals surface area contributed by atoms with Gasteiger partial charge in [0.2, 0.25) is 0 Å². The van der Waals surface area contributed by atoms with Crippen molar-refractivity contribution >= 4 is 33.8 Å². The van der Waals surface area contributed by atoms with E-state index in [1.165, 1.54) is 18.4 Å². The van der Waals surface area contributed by atoms with Gasteiger partial charge in [-0.25, -0.2) is 4.98 Å². The number of nitrogens with two attached hydrogens (primary N) is 1. The first-order chi connectivity index (χ1) is 9.61. The van der Waals surface area contributed by atoms with Crippen LogP contribution in [0.25, 0.3) is 0 Å². The Morgan fingerprint density at radius 2 is 2.25 bits per heavy atom. The second-order valence-corrected chi connectivity index (χ2v) is 7.23. The molecule has 0 spiro atoms. The molecule has 2 rings (SSSR count).